The van der Waals surface area contributed by atoms with Crippen molar-refractivity contribution in [3.63, 3.8) is 0 Å². The van der Waals surface area contributed by atoms with Crippen molar-refractivity contribution in [3.8, 4) is 0 Å². The highest BCUT2D eigenvalue weighted by Gasteiger charge is 2.20. The first kappa shape index (κ1) is 15.6. The van der Waals surface area contributed by atoms with Crippen LogP contribution in [0.4, 0.5) is 5.69 Å². The number of aryl methyl sites for hydroxylation is 1. The van der Waals surface area contributed by atoms with Crippen LogP contribution in [-0.4, -0.2) is 32.2 Å². The van der Waals surface area contributed by atoms with Crippen LogP contribution in [0.15, 0.2) is 40.8 Å². The Morgan fingerprint density at radius 1 is 1.17 bits per heavy atom. The molecule has 1 aromatic carbocycles. The highest BCUT2D eigenvalue weighted by Crippen LogP contribution is 2.23. The van der Waals surface area contributed by atoms with E-state index in [2.05, 4.69) is 10.2 Å². The van der Waals surface area contributed by atoms with E-state index in [4.69, 9.17) is 9.15 Å². The first-order valence-corrected chi connectivity index (χ1v) is 7.94. The Balaban J connectivity index is 1.76. The van der Waals surface area contributed by atoms with E-state index in [1.165, 1.54) is 0 Å². The maximum atomic E-state index is 12.7. The lowest BCUT2D eigenvalue weighted by molar-refractivity contribution is 0.0933. The van der Waals surface area contributed by atoms with Crippen LogP contribution in [0.2, 0.25) is 0 Å². The summed E-state index contributed by atoms with van der Waals surface area (Å²) in [6.45, 7) is 6.81. The Morgan fingerprint density at radius 3 is 2.61 bits per heavy atom. The molecular weight excluding hydrogens is 292 g/mol. The number of ether oxygens (including phenoxy) is 1. The molecule has 0 saturated carbocycles. The van der Waals surface area contributed by atoms with E-state index in [0.29, 0.717) is 18.8 Å². The third kappa shape index (κ3) is 3.56. The van der Waals surface area contributed by atoms with Crippen molar-refractivity contribution in [2.24, 2.45) is 0 Å². The summed E-state index contributed by atoms with van der Waals surface area (Å²) in [5, 5.41) is 3.01. The van der Waals surface area contributed by atoms with Gasteiger partial charge in [0.05, 0.1) is 24.8 Å². The molecule has 3 rings (SSSR count). The highest BCUT2D eigenvalue weighted by atomic mass is 16.5. The second kappa shape index (κ2) is 6.87. The number of anilines is 1. The number of nitrogens with one attached hydrogen (secondary N) is 1. The first-order valence-electron chi connectivity index (χ1n) is 7.94. The molecule has 1 saturated heterocycles. The van der Waals surface area contributed by atoms with Crippen LogP contribution in [0.3, 0.4) is 0 Å². The lowest BCUT2D eigenvalue weighted by Gasteiger charge is -2.30. The zero-order valence-corrected chi connectivity index (χ0v) is 13.5. The molecule has 23 heavy (non-hydrogen) atoms. The van der Waals surface area contributed by atoms with Gasteiger partial charge in [-0.2, -0.15) is 0 Å². The van der Waals surface area contributed by atoms with Gasteiger partial charge in [-0.1, -0.05) is 12.1 Å². The molecule has 1 N–H and O–H groups in total. The minimum absolute atomic E-state index is 0.0892. The zero-order valence-electron chi connectivity index (χ0n) is 13.5. The third-order valence-electron chi connectivity index (χ3n) is 4.04. The standard InChI is InChI=1S/C18H22N2O3/c1-13-7-8-17(23-13)14(2)19-18(21)15-5-3-4-6-16(15)20-9-11-22-12-10-20/h3-8,14H,9-12H2,1-2H3,(H,19,21). The van der Waals surface area contributed by atoms with Gasteiger partial charge in [0.25, 0.3) is 5.91 Å². The molecule has 0 spiro atoms. The molecule has 5 nitrogen and oxygen atoms in total. The summed E-state index contributed by atoms with van der Waals surface area (Å²) in [7, 11) is 0. The Bertz CT molecular complexity index is 674. The van der Waals surface area contributed by atoms with Crippen LogP contribution >= 0.6 is 0 Å². The number of rotatable bonds is 4. The second-order valence-electron chi connectivity index (χ2n) is 5.76. The summed E-state index contributed by atoms with van der Waals surface area (Å²) in [6, 6.07) is 11.3. The molecule has 1 aromatic heterocycles. The minimum atomic E-state index is -0.172. The van der Waals surface area contributed by atoms with Gasteiger partial charge < -0.3 is 19.4 Å². The summed E-state index contributed by atoms with van der Waals surface area (Å²) in [6.07, 6.45) is 0. The zero-order chi connectivity index (χ0) is 16.2. The number of furan rings is 1. The number of nitrogens with zero attached hydrogens (tertiary/aromatic N) is 1. The van der Waals surface area contributed by atoms with Gasteiger partial charge in [-0.05, 0) is 38.1 Å². The monoisotopic (exact) mass is 314 g/mol. The van der Waals surface area contributed by atoms with Gasteiger partial charge in [0, 0.05) is 18.8 Å². The van der Waals surface area contributed by atoms with Gasteiger partial charge in [-0.3, -0.25) is 4.79 Å². The van der Waals surface area contributed by atoms with E-state index in [1.54, 1.807) is 0 Å². The van der Waals surface area contributed by atoms with Crippen LogP contribution in [0.1, 0.15) is 34.8 Å². The van der Waals surface area contributed by atoms with Crippen molar-refractivity contribution < 1.29 is 13.9 Å². The maximum absolute atomic E-state index is 12.7. The fourth-order valence-electron chi connectivity index (χ4n) is 2.78. The fraction of sp³-hybridized carbons (Fsp3) is 0.389. The van der Waals surface area contributed by atoms with Gasteiger partial charge >= 0.3 is 0 Å². The summed E-state index contributed by atoms with van der Waals surface area (Å²) in [5.74, 6) is 1.52. The number of carbonyl (C=O) groups excluding carboxylic acids is 1. The van der Waals surface area contributed by atoms with E-state index in [1.807, 2.05) is 50.2 Å². The van der Waals surface area contributed by atoms with Crippen molar-refractivity contribution in [2.75, 3.05) is 31.2 Å². The van der Waals surface area contributed by atoms with E-state index >= 15 is 0 Å². The van der Waals surface area contributed by atoms with Crippen molar-refractivity contribution in [2.45, 2.75) is 19.9 Å². The molecule has 5 heteroatoms. The average Bonchev–Trinajstić information content (AvgIpc) is 3.02. The molecule has 0 radical (unpaired) electrons. The molecule has 2 aromatic rings. The molecule has 0 aliphatic carbocycles. The van der Waals surface area contributed by atoms with E-state index in [0.717, 1.165) is 30.3 Å². The van der Waals surface area contributed by atoms with Gasteiger partial charge in [0.2, 0.25) is 0 Å². The summed E-state index contributed by atoms with van der Waals surface area (Å²) >= 11 is 0. The van der Waals surface area contributed by atoms with Crippen LogP contribution < -0.4 is 10.2 Å². The summed E-state index contributed by atoms with van der Waals surface area (Å²) in [5.41, 5.74) is 1.64. The number of hydrogen-bond donors (Lipinski definition) is 1. The molecular formula is C18H22N2O3. The topological polar surface area (TPSA) is 54.7 Å². The minimum Gasteiger partial charge on any atom is -0.464 e. The van der Waals surface area contributed by atoms with Crippen molar-refractivity contribution in [1.29, 1.82) is 0 Å². The van der Waals surface area contributed by atoms with E-state index < -0.39 is 0 Å². The molecule has 2 heterocycles. The van der Waals surface area contributed by atoms with Gasteiger partial charge in [0.1, 0.15) is 11.5 Å². The van der Waals surface area contributed by atoms with Gasteiger partial charge in [-0.15, -0.1) is 0 Å². The van der Waals surface area contributed by atoms with E-state index in [-0.39, 0.29) is 11.9 Å². The Morgan fingerprint density at radius 2 is 1.91 bits per heavy atom. The lowest BCUT2D eigenvalue weighted by Crippen LogP contribution is -2.38. The van der Waals surface area contributed by atoms with Crippen LogP contribution in [0.5, 0.6) is 0 Å². The van der Waals surface area contributed by atoms with Gasteiger partial charge in [-0.25, -0.2) is 0 Å². The third-order valence-corrected chi connectivity index (χ3v) is 4.04. The van der Waals surface area contributed by atoms with Gasteiger partial charge in [0.15, 0.2) is 0 Å². The summed E-state index contributed by atoms with van der Waals surface area (Å²) in [4.78, 5) is 14.9. The number of benzene rings is 1. The molecule has 1 atom stereocenters. The molecule has 1 amide bonds. The van der Waals surface area contributed by atoms with Crippen molar-refractivity contribution in [3.05, 3.63) is 53.5 Å². The predicted octanol–water partition coefficient (Wildman–Crippen LogP) is 2.92. The molecule has 122 valence electrons. The molecule has 1 fully saturated rings. The number of amides is 1. The van der Waals surface area contributed by atoms with Crippen LogP contribution in [0, 0.1) is 6.92 Å². The highest BCUT2D eigenvalue weighted by molar-refractivity contribution is 6.00. The molecule has 1 aliphatic rings. The average molecular weight is 314 g/mol. The lowest BCUT2D eigenvalue weighted by atomic mass is 10.1. The predicted molar refractivity (Wildman–Crippen MR) is 88.8 cm³/mol. The van der Waals surface area contributed by atoms with E-state index in [9.17, 15) is 4.79 Å². The fourth-order valence-corrected chi connectivity index (χ4v) is 2.78. The number of morpholine rings is 1. The SMILES string of the molecule is Cc1ccc(C(C)NC(=O)c2ccccc2N2CCOCC2)o1. The normalized spacial score (nSPS) is 16.2. The Kier molecular flexibility index (Phi) is 4.67. The number of para-hydroxylation sites is 1. The van der Waals surface area contributed by atoms with Crippen LogP contribution in [-0.2, 0) is 4.74 Å². The quantitative estimate of drug-likeness (QED) is 0.943. The van der Waals surface area contributed by atoms with Crippen molar-refractivity contribution >= 4 is 11.6 Å². The smallest absolute Gasteiger partial charge is 0.253 e. The van der Waals surface area contributed by atoms with Crippen molar-refractivity contribution in [1.82, 2.24) is 5.32 Å². The van der Waals surface area contributed by atoms with Crippen LogP contribution in [0.25, 0.3) is 0 Å². The second-order valence-corrected chi connectivity index (χ2v) is 5.76. The molecule has 1 aliphatic heterocycles. The summed E-state index contributed by atoms with van der Waals surface area (Å²) < 4.78 is 11.0. The number of hydrogen-bond acceptors (Lipinski definition) is 4. The Hall–Kier alpha value is -2.27. The molecule has 0 bridgehead atoms. The molecule has 1 unspecified atom stereocenters. The maximum Gasteiger partial charge on any atom is 0.253 e. The number of carbonyl (C=O) groups is 1. The first-order chi connectivity index (χ1) is 11.1. The Labute approximate surface area is 136 Å². The largest absolute Gasteiger partial charge is 0.464 e.